The van der Waals surface area contributed by atoms with Gasteiger partial charge in [0, 0.05) is 43.9 Å². The molecule has 1 aromatic carbocycles. The molecule has 0 spiro atoms. The van der Waals surface area contributed by atoms with Gasteiger partial charge in [0.15, 0.2) is 0 Å². The summed E-state index contributed by atoms with van der Waals surface area (Å²) in [5, 5.41) is 3.05. The van der Waals surface area contributed by atoms with Crippen LogP contribution in [0.4, 0.5) is 0 Å². The van der Waals surface area contributed by atoms with Gasteiger partial charge in [-0.2, -0.15) is 0 Å². The molecule has 1 unspecified atom stereocenters. The van der Waals surface area contributed by atoms with Gasteiger partial charge in [0.25, 0.3) is 0 Å². The molecule has 1 N–H and O–H groups in total. The molecule has 0 bridgehead atoms. The van der Waals surface area contributed by atoms with E-state index in [1.54, 1.807) is 13.2 Å². The molecule has 1 atom stereocenters. The van der Waals surface area contributed by atoms with Crippen LogP contribution in [-0.2, 0) is 9.59 Å². The number of nitrogens with one attached hydrogen (secondary N) is 1. The second-order valence-electron chi connectivity index (χ2n) is 7.40. The van der Waals surface area contributed by atoms with Crippen LogP contribution in [0.1, 0.15) is 30.9 Å². The van der Waals surface area contributed by atoms with E-state index in [1.807, 2.05) is 43.0 Å². The molecule has 27 heavy (non-hydrogen) atoms. The van der Waals surface area contributed by atoms with Crippen molar-refractivity contribution in [3.8, 4) is 5.75 Å². The molecule has 146 valence electrons. The summed E-state index contributed by atoms with van der Waals surface area (Å²) in [4.78, 5) is 28.7. The van der Waals surface area contributed by atoms with Crippen molar-refractivity contribution < 1.29 is 14.3 Å². The molecular weight excluding hydrogens is 342 g/mol. The Morgan fingerprint density at radius 2 is 1.93 bits per heavy atom. The Kier molecular flexibility index (Phi) is 6.16. The van der Waals surface area contributed by atoms with Crippen molar-refractivity contribution in [3.63, 3.8) is 0 Å². The number of rotatable bonds is 6. The smallest absolute Gasteiger partial charge is 0.246 e. The van der Waals surface area contributed by atoms with Gasteiger partial charge in [-0.1, -0.05) is 11.6 Å². The highest BCUT2D eigenvalue weighted by Gasteiger charge is 2.30. The first-order chi connectivity index (χ1) is 13.0. The fraction of sp³-hybridized carbons (Fsp3) is 0.524. The van der Waals surface area contributed by atoms with E-state index in [9.17, 15) is 9.59 Å². The van der Waals surface area contributed by atoms with Crippen LogP contribution in [0.3, 0.4) is 0 Å². The number of hydrogen-bond donors (Lipinski definition) is 1. The van der Waals surface area contributed by atoms with Crippen LogP contribution in [0.25, 0.3) is 6.08 Å². The molecule has 1 aliphatic heterocycles. The lowest BCUT2D eigenvalue weighted by Gasteiger charge is -2.37. The summed E-state index contributed by atoms with van der Waals surface area (Å²) >= 11 is 0. The molecule has 0 aromatic heterocycles. The fourth-order valence-corrected chi connectivity index (χ4v) is 3.30. The van der Waals surface area contributed by atoms with E-state index >= 15 is 0 Å². The molecule has 6 nitrogen and oxygen atoms in total. The Labute approximate surface area is 161 Å². The molecular formula is C21H29N3O3. The Morgan fingerprint density at radius 1 is 1.22 bits per heavy atom. The molecule has 2 fully saturated rings. The van der Waals surface area contributed by atoms with Gasteiger partial charge in [-0.3, -0.25) is 14.5 Å². The molecule has 1 aromatic rings. The zero-order chi connectivity index (χ0) is 19.4. The minimum atomic E-state index is -0.144. The maximum atomic E-state index is 12.5. The van der Waals surface area contributed by atoms with E-state index < -0.39 is 0 Å². The molecule has 2 amide bonds. The molecule has 2 aliphatic rings. The number of amides is 2. The van der Waals surface area contributed by atoms with Crippen molar-refractivity contribution in [1.29, 1.82) is 0 Å². The van der Waals surface area contributed by atoms with Crippen LogP contribution >= 0.6 is 0 Å². The van der Waals surface area contributed by atoms with E-state index in [1.165, 1.54) is 0 Å². The number of benzene rings is 1. The SMILES string of the molecule is COc1ccc(C)cc1/C=C/C(=O)N1CCN(C(C)C(=O)NC2CC2)CC1. The molecule has 1 saturated carbocycles. The third-order valence-corrected chi connectivity index (χ3v) is 5.27. The highest BCUT2D eigenvalue weighted by atomic mass is 16.5. The molecule has 1 aliphatic carbocycles. The highest BCUT2D eigenvalue weighted by molar-refractivity contribution is 5.92. The minimum absolute atomic E-state index is 0.00621. The van der Waals surface area contributed by atoms with E-state index in [4.69, 9.17) is 4.74 Å². The van der Waals surface area contributed by atoms with E-state index in [0.29, 0.717) is 32.2 Å². The molecule has 1 heterocycles. The monoisotopic (exact) mass is 371 g/mol. The first-order valence-corrected chi connectivity index (χ1v) is 9.64. The lowest BCUT2D eigenvalue weighted by atomic mass is 10.1. The van der Waals surface area contributed by atoms with Gasteiger partial charge in [-0.15, -0.1) is 0 Å². The number of hydrogen-bond acceptors (Lipinski definition) is 4. The maximum absolute atomic E-state index is 12.5. The normalized spacial score (nSPS) is 19.1. The largest absolute Gasteiger partial charge is 0.496 e. The quantitative estimate of drug-likeness (QED) is 0.775. The van der Waals surface area contributed by atoms with Gasteiger partial charge in [0.2, 0.25) is 11.8 Å². The summed E-state index contributed by atoms with van der Waals surface area (Å²) in [7, 11) is 1.63. The van der Waals surface area contributed by atoms with Crippen LogP contribution in [-0.4, -0.2) is 67.0 Å². The fourth-order valence-electron chi connectivity index (χ4n) is 3.30. The third-order valence-electron chi connectivity index (χ3n) is 5.27. The van der Waals surface area contributed by atoms with Gasteiger partial charge < -0.3 is 15.0 Å². The zero-order valence-corrected chi connectivity index (χ0v) is 16.4. The third kappa shape index (κ3) is 5.10. The number of carbonyl (C=O) groups excluding carboxylic acids is 2. The predicted octanol–water partition coefficient (Wildman–Crippen LogP) is 1.83. The summed E-state index contributed by atoms with van der Waals surface area (Å²) < 4.78 is 5.35. The van der Waals surface area contributed by atoms with Crippen LogP contribution in [0.5, 0.6) is 5.75 Å². The van der Waals surface area contributed by atoms with Crippen molar-refractivity contribution in [2.24, 2.45) is 0 Å². The predicted molar refractivity (Wildman–Crippen MR) is 106 cm³/mol. The van der Waals surface area contributed by atoms with Crippen LogP contribution in [0, 0.1) is 6.92 Å². The summed E-state index contributed by atoms with van der Waals surface area (Å²) in [5.41, 5.74) is 2.02. The van der Waals surface area contributed by atoms with Crippen molar-refractivity contribution in [2.75, 3.05) is 33.3 Å². The van der Waals surface area contributed by atoms with Crippen LogP contribution < -0.4 is 10.1 Å². The Bertz CT molecular complexity index is 719. The summed E-state index contributed by atoms with van der Waals surface area (Å²) in [6, 6.07) is 6.13. The number of carbonyl (C=O) groups is 2. The van der Waals surface area contributed by atoms with Gasteiger partial charge in [0.1, 0.15) is 5.75 Å². The second-order valence-corrected chi connectivity index (χ2v) is 7.40. The Hall–Kier alpha value is -2.34. The molecule has 6 heteroatoms. The van der Waals surface area contributed by atoms with Gasteiger partial charge >= 0.3 is 0 Å². The average molecular weight is 371 g/mol. The number of nitrogens with zero attached hydrogens (tertiary/aromatic N) is 2. The van der Waals surface area contributed by atoms with Gasteiger partial charge in [0.05, 0.1) is 13.2 Å². The first-order valence-electron chi connectivity index (χ1n) is 9.64. The van der Waals surface area contributed by atoms with Crippen molar-refractivity contribution in [3.05, 3.63) is 35.4 Å². The summed E-state index contributed by atoms with van der Waals surface area (Å²) in [6.07, 6.45) is 5.61. The lowest BCUT2D eigenvalue weighted by Crippen LogP contribution is -2.55. The first kappa shape index (κ1) is 19.4. The standard InChI is InChI=1S/C21H29N3O3/c1-15-4-8-19(27-3)17(14-15)5-9-20(25)24-12-10-23(11-13-24)16(2)21(26)22-18-6-7-18/h4-5,8-9,14,16,18H,6-7,10-13H2,1-3H3,(H,22,26)/b9-5+. The lowest BCUT2D eigenvalue weighted by molar-refractivity contribution is -0.130. The Balaban J connectivity index is 1.52. The van der Waals surface area contributed by atoms with Gasteiger partial charge in [-0.05, 0) is 44.9 Å². The maximum Gasteiger partial charge on any atom is 0.246 e. The van der Waals surface area contributed by atoms with Crippen molar-refractivity contribution >= 4 is 17.9 Å². The molecule has 3 rings (SSSR count). The van der Waals surface area contributed by atoms with E-state index in [2.05, 4.69) is 10.2 Å². The summed E-state index contributed by atoms with van der Waals surface area (Å²) in [5.74, 6) is 0.849. The highest BCUT2D eigenvalue weighted by Crippen LogP contribution is 2.21. The van der Waals surface area contributed by atoms with E-state index in [-0.39, 0.29) is 17.9 Å². The van der Waals surface area contributed by atoms with Crippen molar-refractivity contribution in [1.82, 2.24) is 15.1 Å². The van der Waals surface area contributed by atoms with Crippen LogP contribution in [0.15, 0.2) is 24.3 Å². The summed E-state index contributed by atoms with van der Waals surface area (Å²) in [6.45, 7) is 6.65. The number of methoxy groups -OCH3 is 1. The zero-order valence-electron chi connectivity index (χ0n) is 16.4. The Morgan fingerprint density at radius 3 is 2.56 bits per heavy atom. The minimum Gasteiger partial charge on any atom is -0.496 e. The van der Waals surface area contributed by atoms with E-state index in [0.717, 1.165) is 29.7 Å². The van der Waals surface area contributed by atoms with Crippen LogP contribution in [0.2, 0.25) is 0 Å². The number of ether oxygens (including phenoxy) is 1. The second kappa shape index (κ2) is 8.57. The molecule has 1 saturated heterocycles. The number of aryl methyl sites for hydroxylation is 1. The van der Waals surface area contributed by atoms with Gasteiger partial charge in [-0.25, -0.2) is 0 Å². The number of piperazine rings is 1. The molecule has 0 radical (unpaired) electrons. The topological polar surface area (TPSA) is 61.9 Å². The van der Waals surface area contributed by atoms with Crippen molar-refractivity contribution in [2.45, 2.75) is 38.8 Å². The average Bonchev–Trinajstić information content (AvgIpc) is 3.49.